The molecule has 0 saturated carbocycles. The first-order valence-electron chi connectivity index (χ1n) is 7.43. The Bertz CT molecular complexity index is 643. The Balaban J connectivity index is 2.04. The van der Waals surface area contributed by atoms with Crippen molar-refractivity contribution in [2.24, 2.45) is 0 Å². The molecule has 1 atom stereocenters. The second kappa shape index (κ2) is 8.82. The zero-order chi connectivity index (χ0) is 16.7. The topological polar surface area (TPSA) is 58.6 Å². The molecule has 4 nitrogen and oxygen atoms in total. The van der Waals surface area contributed by atoms with Crippen molar-refractivity contribution in [3.63, 3.8) is 0 Å². The van der Waals surface area contributed by atoms with Crippen LogP contribution in [0.4, 0.5) is 0 Å². The standard InChI is InChI=1S/C18H20BrNO3/c1-13-6-8-14(9-7-13)17(23-11-10-21)12-20-18(22)15-4-2-3-5-16(15)19/h2-9,17,21H,10-12H2,1H3,(H,20,22)/t17-/m0/s1. The quantitative estimate of drug-likeness (QED) is 0.778. The van der Waals surface area contributed by atoms with Crippen LogP contribution in [0.25, 0.3) is 0 Å². The highest BCUT2D eigenvalue weighted by Gasteiger charge is 2.15. The number of amides is 1. The number of aliphatic hydroxyl groups excluding tert-OH is 1. The normalized spacial score (nSPS) is 12.0. The van der Waals surface area contributed by atoms with Gasteiger partial charge < -0.3 is 15.2 Å². The molecule has 0 aliphatic rings. The Morgan fingerprint density at radius 3 is 2.57 bits per heavy atom. The van der Waals surface area contributed by atoms with Gasteiger partial charge in [-0.1, -0.05) is 42.0 Å². The van der Waals surface area contributed by atoms with Gasteiger partial charge in [0.05, 0.1) is 24.9 Å². The van der Waals surface area contributed by atoms with Crippen molar-refractivity contribution in [3.05, 3.63) is 69.7 Å². The third-order valence-corrected chi connectivity index (χ3v) is 4.12. The van der Waals surface area contributed by atoms with Crippen LogP contribution in [0.1, 0.15) is 27.6 Å². The first-order chi connectivity index (χ1) is 11.1. The predicted molar refractivity (Wildman–Crippen MR) is 93.4 cm³/mol. The van der Waals surface area contributed by atoms with E-state index in [0.717, 1.165) is 15.6 Å². The van der Waals surface area contributed by atoms with Crippen LogP contribution < -0.4 is 5.32 Å². The number of hydrogen-bond donors (Lipinski definition) is 2. The Morgan fingerprint density at radius 1 is 1.22 bits per heavy atom. The number of aliphatic hydroxyl groups is 1. The minimum Gasteiger partial charge on any atom is -0.394 e. The molecule has 0 radical (unpaired) electrons. The summed E-state index contributed by atoms with van der Waals surface area (Å²) in [5, 5.41) is 11.9. The van der Waals surface area contributed by atoms with E-state index >= 15 is 0 Å². The highest BCUT2D eigenvalue weighted by atomic mass is 79.9. The minimum atomic E-state index is -0.297. The number of aryl methyl sites for hydroxylation is 1. The van der Waals surface area contributed by atoms with E-state index < -0.39 is 0 Å². The fourth-order valence-corrected chi connectivity index (χ4v) is 2.64. The lowest BCUT2D eigenvalue weighted by atomic mass is 10.1. The summed E-state index contributed by atoms with van der Waals surface area (Å²) in [5.41, 5.74) is 2.71. The second-order valence-corrected chi connectivity index (χ2v) is 6.04. The summed E-state index contributed by atoms with van der Waals surface area (Å²) < 4.78 is 6.41. The zero-order valence-corrected chi connectivity index (χ0v) is 14.5. The van der Waals surface area contributed by atoms with Crippen molar-refractivity contribution >= 4 is 21.8 Å². The van der Waals surface area contributed by atoms with Crippen LogP contribution in [-0.2, 0) is 4.74 Å². The van der Waals surface area contributed by atoms with Crippen LogP contribution in [0.2, 0.25) is 0 Å². The largest absolute Gasteiger partial charge is 0.394 e. The van der Waals surface area contributed by atoms with Gasteiger partial charge in [0.2, 0.25) is 0 Å². The molecule has 0 aliphatic heterocycles. The number of ether oxygens (including phenoxy) is 1. The Labute approximate surface area is 144 Å². The number of carbonyl (C=O) groups excluding carboxylic acids is 1. The lowest BCUT2D eigenvalue weighted by Crippen LogP contribution is -2.30. The number of halogens is 1. The SMILES string of the molecule is Cc1ccc([C@H](CNC(=O)c2ccccc2Br)OCCO)cc1. The van der Waals surface area contributed by atoms with Gasteiger partial charge >= 0.3 is 0 Å². The van der Waals surface area contributed by atoms with E-state index in [0.29, 0.717) is 12.1 Å². The molecule has 5 heteroatoms. The van der Waals surface area contributed by atoms with Gasteiger partial charge in [0.1, 0.15) is 0 Å². The average Bonchev–Trinajstić information content (AvgIpc) is 2.56. The molecule has 0 bridgehead atoms. The maximum atomic E-state index is 12.3. The van der Waals surface area contributed by atoms with E-state index in [-0.39, 0.29) is 25.2 Å². The number of hydrogen-bond acceptors (Lipinski definition) is 3. The van der Waals surface area contributed by atoms with E-state index in [1.54, 1.807) is 6.07 Å². The summed E-state index contributed by atoms with van der Waals surface area (Å²) in [5.74, 6) is -0.165. The zero-order valence-electron chi connectivity index (χ0n) is 13.0. The molecule has 0 fully saturated rings. The maximum Gasteiger partial charge on any atom is 0.252 e. The van der Waals surface area contributed by atoms with Crippen molar-refractivity contribution < 1.29 is 14.6 Å². The molecule has 0 spiro atoms. The van der Waals surface area contributed by atoms with Crippen LogP contribution in [0, 0.1) is 6.92 Å². The minimum absolute atomic E-state index is 0.0550. The second-order valence-electron chi connectivity index (χ2n) is 5.18. The maximum absolute atomic E-state index is 12.3. The van der Waals surface area contributed by atoms with E-state index in [1.807, 2.05) is 49.4 Å². The van der Waals surface area contributed by atoms with Gasteiger partial charge in [-0.05, 0) is 40.5 Å². The number of carbonyl (C=O) groups is 1. The summed E-state index contributed by atoms with van der Waals surface area (Å²) in [4.78, 5) is 12.3. The van der Waals surface area contributed by atoms with Crippen molar-refractivity contribution in [3.8, 4) is 0 Å². The molecule has 1 amide bonds. The fourth-order valence-electron chi connectivity index (χ4n) is 2.18. The molecule has 0 aromatic heterocycles. The first-order valence-corrected chi connectivity index (χ1v) is 8.23. The van der Waals surface area contributed by atoms with E-state index in [9.17, 15) is 4.79 Å². The molecule has 2 rings (SSSR count). The lowest BCUT2D eigenvalue weighted by Gasteiger charge is -2.19. The molecule has 2 N–H and O–H groups in total. The van der Waals surface area contributed by atoms with Crippen LogP contribution in [0.3, 0.4) is 0 Å². The van der Waals surface area contributed by atoms with Gasteiger partial charge in [-0.15, -0.1) is 0 Å². The molecule has 2 aromatic carbocycles. The highest BCUT2D eigenvalue weighted by Crippen LogP contribution is 2.19. The predicted octanol–water partition coefficient (Wildman–Crippen LogP) is 3.24. The summed E-state index contributed by atoms with van der Waals surface area (Å²) in [6, 6.07) is 15.2. The van der Waals surface area contributed by atoms with Crippen LogP contribution in [0.15, 0.2) is 53.0 Å². The van der Waals surface area contributed by atoms with Gasteiger partial charge in [0.15, 0.2) is 0 Å². The van der Waals surface area contributed by atoms with Gasteiger partial charge in [-0.2, -0.15) is 0 Å². The molecule has 23 heavy (non-hydrogen) atoms. The molecule has 2 aromatic rings. The van der Waals surface area contributed by atoms with Crippen molar-refractivity contribution in [1.29, 1.82) is 0 Å². The van der Waals surface area contributed by atoms with Gasteiger partial charge in [0, 0.05) is 11.0 Å². The molecule has 0 unspecified atom stereocenters. The number of nitrogens with one attached hydrogen (secondary N) is 1. The third kappa shape index (κ3) is 5.16. The van der Waals surface area contributed by atoms with Crippen LogP contribution in [0.5, 0.6) is 0 Å². The molecule has 0 aliphatic carbocycles. The summed E-state index contributed by atoms with van der Waals surface area (Å²) in [6.07, 6.45) is -0.297. The summed E-state index contributed by atoms with van der Waals surface area (Å²) in [6.45, 7) is 2.52. The smallest absolute Gasteiger partial charge is 0.252 e. The van der Waals surface area contributed by atoms with E-state index in [4.69, 9.17) is 9.84 Å². The van der Waals surface area contributed by atoms with E-state index in [2.05, 4.69) is 21.2 Å². The van der Waals surface area contributed by atoms with Crippen LogP contribution in [-0.4, -0.2) is 30.8 Å². The Kier molecular flexibility index (Phi) is 6.77. The van der Waals surface area contributed by atoms with Gasteiger partial charge in [-0.25, -0.2) is 0 Å². The van der Waals surface area contributed by atoms with Gasteiger partial charge in [-0.3, -0.25) is 4.79 Å². The lowest BCUT2D eigenvalue weighted by molar-refractivity contribution is 0.0277. The van der Waals surface area contributed by atoms with E-state index in [1.165, 1.54) is 0 Å². The summed E-state index contributed by atoms with van der Waals surface area (Å²) >= 11 is 3.37. The molecule has 122 valence electrons. The van der Waals surface area contributed by atoms with Crippen molar-refractivity contribution in [2.75, 3.05) is 19.8 Å². The summed E-state index contributed by atoms with van der Waals surface area (Å²) in [7, 11) is 0. The average molecular weight is 378 g/mol. The molecular formula is C18H20BrNO3. The third-order valence-electron chi connectivity index (χ3n) is 3.43. The Morgan fingerprint density at radius 2 is 1.91 bits per heavy atom. The first kappa shape index (κ1) is 17.7. The number of benzene rings is 2. The number of rotatable bonds is 7. The molecular weight excluding hydrogens is 358 g/mol. The van der Waals surface area contributed by atoms with Crippen molar-refractivity contribution in [1.82, 2.24) is 5.32 Å². The molecule has 0 heterocycles. The highest BCUT2D eigenvalue weighted by molar-refractivity contribution is 9.10. The Hall–Kier alpha value is -1.69. The van der Waals surface area contributed by atoms with Gasteiger partial charge in [0.25, 0.3) is 5.91 Å². The molecule has 0 saturated heterocycles. The van der Waals surface area contributed by atoms with Crippen LogP contribution >= 0.6 is 15.9 Å². The fraction of sp³-hybridized carbons (Fsp3) is 0.278. The monoisotopic (exact) mass is 377 g/mol. The van der Waals surface area contributed by atoms with Crippen molar-refractivity contribution in [2.45, 2.75) is 13.0 Å².